The highest BCUT2D eigenvalue weighted by Gasteiger charge is 2.43. The van der Waals surface area contributed by atoms with Gasteiger partial charge in [-0.15, -0.1) is 0 Å². The predicted octanol–water partition coefficient (Wildman–Crippen LogP) is 1.07. The van der Waals surface area contributed by atoms with Crippen molar-refractivity contribution in [1.29, 1.82) is 0 Å². The highest BCUT2D eigenvalue weighted by Crippen LogP contribution is 2.46. The minimum atomic E-state index is 0.115. The number of fused-ring (bicyclic) bond motifs is 2. The van der Waals surface area contributed by atoms with Crippen LogP contribution >= 0.6 is 0 Å². The Morgan fingerprint density at radius 2 is 1.85 bits per heavy atom. The van der Waals surface area contributed by atoms with Gasteiger partial charge in [-0.25, -0.2) is 0 Å². The summed E-state index contributed by atoms with van der Waals surface area (Å²) in [6, 6.07) is 0.958. The Morgan fingerprint density at radius 3 is 2.45 bits per heavy atom. The molecule has 2 aliphatic carbocycles. The van der Waals surface area contributed by atoms with Crippen LogP contribution < -0.4 is 5.32 Å². The summed E-state index contributed by atoms with van der Waals surface area (Å²) in [6.07, 6.45) is 8.04. The van der Waals surface area contributed by atoms with Crippen LogP contribution in [0.5, 0.6) is 0 Å². The number of hydrogen-bond acceptors (Lipinski definition) is 3. The summed E-state index contributed by atoms with van der Waals surface area (Å²) >= 11 is 0. The molecule has 4 rings (SSSR count). The number of carbonyl (C=O) groups excluding carboxylic acids is 1. The lowest BCUT2D eigenvalue weighted by atomic mass is 9.93. The van der Waals surface area contributed by atoms with Crippen LogP contribution in [-0.2, 0) is 4.79 Å². The normalized spacial score (nSPS) is 41.5. The van der Waals surface area contributed by atoms with Crippen LogP contribution in [0.4, 0.5) is 0 Å². The monoisotopic (exact) mass is 277 g/mol. The van der Waals surface area contributed by atoms with Crippen LogP contribution in [0.1, 0.15) is 38.5 Å². The number of hydrogen-bond donors (Lipinski definition) is 1. The maximum Gasteiger partial charge on any atom is 0.239 e. The quantitative estimate of drug-likeness (QED) is 0.820. The van der Waals surface area contributed by atoms with Crippen molar-refractivity contribution < 1.29 is 4.79 Å². The third kappa shape index (κ3) is 2.27. The lowest BCUT2D eigenvalue weighted by Gasteiger charge is -2.41. The lowest BCUT2D eigenvalue weighted by molar-refractivity contribution is -0.135. The van der Waals surface area contributed by atoms with E-state index in [1.54, 1.807) is 0 Å². The van der Waals surface area contributed by atoms with Crippen molar-refractivity contribution in [1.82, 2.24) is 15.1 Å². The molecule has 4 atom stereocenters. The van der Waals surface area contributed by atoms with Gasteiger partial charge >= 0.3 is 0 Å². The number of nitrogens with zero attached hydrogens (tertiary/aromatic N) is 2. The van der Waals surface area contributed by atoms with Crippen LogP contribution in [0.15, 0.2) is 0 Å². The Kier molecular flexibility index (Phi) is 3.47. The van der Waals surface area contributed by atoms with Crippen molar-refractivity contribution in [3.8, 4) is 0 Å². The van der Waals surface area contributed by atoms with Gasteiger partial charge in [0.1, 0.15) is 0 Å². The van der Waals surface area contributed by atoms with Gasteiger partial charge in [0.15, 0.2) is 0 Å². The van der Waals surface area contributed by atoms with Crippen molar-refractivity contribution in [2.24, 2.45) is 11.8 Å². The fourth-order valence-electron chi connectivity index (χ4n) is 5.05. The first-order valence-electron chi connectivity index (χ1n) is 8.57. The second-order valence-electron chi connectivity index (χ2n) is 7.25. The molecule has 2 bridgehead atoms. The largest absolute Gasteiger partial charge is 0.339 e. The molecular formula is C16H27N3O. The average Bonchev–Trinajstić information content (AvgIpc) is 3.23. The molecular weight excluding hydrogens is 250 g/mol. The Labute approximate surface area is 121 Å². The molecule has 1 N–H and O–H groups in total. The maximum absolute atomic E-state index is 12.4. The van der Waals surface area contributed by atoms with E-state index in [0.717, 1.165) is 63.4 Å². The molecule has 0 radical (unpaired) electrons. The molecule has 2 heterocycles. The lowest BCUT2D eigenvalue weighted by Crippen LogP contribution is -2.55. The second kappa shape index (κ2) is 5.30. The van der Waals surface area contributed by atoms with Gasteiger partial charge in [-0.2, -0.15) is 0 Å². The molecule has 4 heteroatoms. The molecule has 2 saturated heterocycles. The molecule has 0 aromatic rings. The molecule has 0 aromatic carbocycles. The number of carbonyl (C=O) groups is 1. The number of rotatable bonds is 2. The van der Waals surface area contributed by atoms with E-state index in [9.17, 15) is 4.79 Å². The van der Waals surface area contributed by atoms with Gasteiger partial charge in [0.05, 0.1) is 6.04 Å². The Bertz CT molecular complexity index is 372. The summed E-state index contributed by atoms with van der Waals surface area (Å²) in [5.41, 5.74) is 0. The van der Waals surface area contributed by atoms with Crippen LogP contribution in [0.3, 0.4) is 0 Å². The van der Waals surface area contributed by atoms with E-state index in [1.165, 1.54) is 25.7 Å². The molecule has 4 fully saturated rings. The van der Waals surface area contributed by atoms with Gasteiger partial charge in [-0.1, -0.05) is 6.42 Å². The smallest absolute Gasteiger partial charge is 0.239 e. The highest BCUT2D eigenvalue weighted by molar-refractivity contribution is 5.82. The minimum Gasteiger partial charge on any atom is -0.339 e. The van der Waals surface area contributed by atoms with Crippen molar-refractivity contribution in [2.75, 3.05) is 32.7 Å². The maximum atomic E-state index is 12.4. The second-order valence-corrected chi connectivity index (χ2v) is 7.25. The SMILES string of the molecule is O=C(C1CCCN1)N1CCN(C2CC3CCC2C3)CC1. The van der Waals surface area contributed by atoms with Gasteiger partial charge < -0.3 is 10.2 Å². The van der Waals surface area contributed by atoms with Gasteiger partial charge in [-0.05, 0) is 50.5 Å². The first-order chi connectivity index (χ1) is 9.81. The molecule has 1 amide bonds. The van der Waals surface area contributed by atoms with Crippen molar-refractivity contribution in [2.45, 2.75) is 50.6 Å². The molecule has 112 valence electrons. The summed E-state index contributed by atoms with van der Waals surface area (Å²) in [7, 11) is 0. The van der Waals surface area contributed by atoms with Gasteiger partial charge in [0.25, 0.3) is 0 Å². The Morgan fingerprint density at radius 1 is 1.00 bits per heavy atom. The average molecular weight is 277 g/mol. The van der Waals surface area contributed by atoms with Crippen molar-refractivity contribution in [3.05, 3.63) is 0 Å². The minimum absolute atomic E-state index is 0.115. The van der Waals surface area contributed by atoms with Gasteiger partial charge in [-0.3, -0.25) is 9.69 Å². The molecule has 4 nitrogen and oxygen atoms in total. The standard InChI is InChI=1S/C16H27N3O/c20-16(14-2-1-5-17-14)19-8-6-18(7-9-19)15-11-12-3-4-13(15)10-12/h12-15,17H,1-11H2. The van der Waals surface area contributed by atoms with Gasteiger partial charge in [0, 0.05) is 32.2 Å². The van der Waals surface area contributed by atoms with Crippen LogP contribution in [-0.4, -0.2) is 60.5 Å². The third-order valence-corrected chi connectivity index (χ3v) is 6.15. The van der Waals surface area contributed by atoms with Crippen molar-refractivity contribution in [3.63, 3.8) is 0 Å². The molecule has 4 aliphatic rings. The first-order valence-corrected chi connectivity index (χ1v) is 8.57. The topological polar surface area (TPSA) is 35.6 Å². The van der Waals surface area contributed by atoms with E-state index in [2.05, 4.69) is 15.1 Å². The summed E-state index contributed by atoms with van der Waals surface area (Å²) in [5, 5.41) is 3.34. The Hall–Kier alpha value is -0.610. The fraction of sp³-hybridized carbons (Fsp3) is 0.938. The number of nitrogens with one attached hydrogen (secondary N) is 1. The van der Waals surface area contributed by atoms with E-state index in [4.69, 9.17) is 0 Å². The Balaban J connectivity index is 1.30. The molecule has 0 spiro atoms. The summed E-state index contributed by atoms with van der Waals surface area (Å²) < 4.78 is 0. The summed E-state index contributed by atoms with van der Waals surface area (Å²) in [5.74, 6) is 2.35. The van der Waals surface area contributed by atoms with Gasteiger partial charge in [0.2, 0.25) is 5.91 Å². The van der Waals surface area contributed by atoms with E-state index in [-0.39, 0.29) is 6.04 Å². The zero-order valence-electron chi connectivity index (χ0n) is 12.4. The zero-order chi connectivity index (χ0) is 13.5. The van der Waals surface area contributed by atoms with E-state index in [1.807, 2.05) is 0 Å². The van der Waals surface area contributed by atoms with Crippen LogP contribution in [0.2, 0.25) is 0 Å². The third-order valence-electron chi connectivity index (χ3n) is 6.15. The number of piperazine rings is 1. The fourth-order valence-corrected chi connectivity index (χ4v) is 5.05. The van der Waals surface area contributed by atoms with Crippen LogP contribution in [0.25, 0.3) is 0 Å². The predicted molar refractivity (Wildman–Crippen MR) is 78.4 cm³/mol. The van der Waals surface area contributed by atoms with Crippen LogP contribution in [0, 0.1) is 11.8 Å². The summed E-state index contributed by atoms with van der Waals surface area (Å²) in [6.45, 7) is 5.12. The van der Waals surface area contributed by atoms with E-state index >= 15 is 0 Å². The molecule has 2 saturated carbocycles. The molecule has 4 unspecified atom stereocenters. The molecule has 2 aliphatic heterocycles. The number of amides is 1. The highest BCUT2D eigenvalue weighted by atomic mass is 16.2. The van der Waals surface area contributed by atoms with E-state index in [0.29, 0.717) is 5.91 Å². The van der Waals surface area contributed by atoms with E-state index < -0.39 is 0 Å². The van der Waals surface area contributed by atoms with Crippen molar-refractivity contribution >= 4 is 5.91 Å². The first kappa shape index (κ1) is 13.1. The summed E-state index contributed by atoms with van der Waals surface area (Å²) in [4.78, 5) is 17.2. The zero-order valence-corrected chi connectivity index (χ0v) is 12.4. The molecule has 20 heavy (non-hydrogen) atoms. The molecule has 0 aromatic heterocycles.